The minimum absolute atomic E-state index is 0.0901. The number of carbonyl (C=O) groups is 1. The second-order valence-electron chi connectivity index (χ2n) is 4.65. The molecule has 6 heteroatoms. The number of fused-ring (bicyclic) bond motifs is 1. The molecule has 1 aliphatic rings. The summed E-state index contributed by atoms with van der Waals surface area (Å²) in [5.74, 6) is -1.31. The maximum atomic E-state index is 13.2. The van der Waals surface area contributed by atoms with Crippen LogP contribution in [-0.2, 0) is 10.2 Å². The highest BCUT2D eigenvalue weighted by Gasteiger charge is 2.52. The molecule has 2 nitrogen and oxygen atoms in total. The van der Waals surface area contributed by atoms with Gasteiger partial charge in [0, 0.05) is 12.7 Å². The molecule has 0 bridgehead atoms. The summed E-state index contributed by atoms with van der Waals surface area (Å²) in [4.78, 5) is 13.1. The van der Waals surface area contributed by atoms with E-state index >= 15 is 0 Å². The number of nitrogens with zero attached hydrogens (tertiary/aromatic N) is 1. The first-order chi connectivity index (χ1) is 8.15. The Morgan fingerprint density at radius 1 is 1.33 bits per heavy atom. The summed E-state index contributed by atoms with van der Waals surface area (Å²) >= 11 is 0. The van der Waals surface area contributed by atoms with Gasteiger partial charge in [-0.1, -0.05) is 0 Å². The average Bonchev–Trinajstić information content (AvgIpc) is 2.39. The maximum Gasteiger partial charge on any atom is 0.390 e. The minimum Gasteiger partial charge on any atom is -0.314 e. The van der Waals surface area contributed by atoms with E-state index in [-0.39, 0.29) is 5.56 Å². The van der Waals surface area contributed by atoms with Crippen LogP contribution in [0.4, 0.5) is 23.2 Å². The number of hydrogen-bond acceptors (Lipinski definition) is 1. The van der Waals surface area contributed by atoms with Crippen LogP contribution in [0, 0.1) is 5.82 Å². The normalized spacial score (nSPS) is 23.4. The second kappa shape index (κ2) is 3.70. The molecule has 0 spiro atoms. The van der Waals surface area contributed by atoms with Crippen LogP contribution in [-0.4, -0.2) is 19.1 Å². The molecule has 1 amide bonds. The molecule has 0 radical (unpaired) electrons. The van der Waals surface area contributed by atoms with Gasteiger partial charge in [-0.15, -0.1) is 0 Å². The number of alkyl halides is 3. The van der Waals surface area contributed by atoms with E-state index in [9.17, 15) is 22.4 Å². The molecular weight excluding hydrogens is 250 g/mol. The summed E-state index contributed by atoms with van der Waals surface area (Å²) in [5, 5.41) is 0. The highest BCUT2D eigenvalue weighted by atomic mass is 19.4. The number of anilines is 1. The maximum absolute atomic E-state index is 13.2. The third-order valence-corrected chi connectivity index (χ3v) is 3.25. The van der Waals surface area contributed by atoms with Crippen molar-refractivity contribution < 1.29 is 22.4 Å². The molecule has 1 atom stereocenters. The van der Waals surface area contributed by atoms with Gasteiger partial charge in [0.25, 0.3) is 0 Å². The monoisotopic (exact) mass is 261 g/mol. The van der Waals surface area contributed by atoms with Crippen LogP contribution in [0.15, 0.2) is 18.2 Å². The Morgan fingerprint density at radius 2 is 1.94 bits per heavy atom. The van der Waals surface area contributed by atoms with Gasteiger partial charge in [0.15, 0.2) is 0 Å². The predicted octanol–water partition coefficient (Wildman–Crippen LogP) is 3.01. The fourth-order valence-corrected chi connectivity index (χ4v) is 2.41. The van der Waals surface area contributed by atoms with Crippen LogP contribution in [0.5, 0.6) is 0 Å². The lowest BCUT2D eigenvalue weighted by Crippen LogP contribution is -2.39. The van der Waals surface area contributed by atoms with E-state index in [0.29, 0.717) is 5.69 Å². The molecule has 98 valence electrons. The fourth-order valence-electron chi connectivity index (χ4n) is 2.41. The smallest absolute Gasteiger partial charge is 0.314 e. The molecule has 0 N–H and O–H groups in total. The van der Waals surface area contributed by atoms with Crippen LogP contribution < -0.4 is 4.90 Å². The topological polar surface area (TPSA) is 20.3 Å². The molecule has 0 aliphatic carbocycles. The lowest BCUT2D eigenvalue weighted by molar-refractivity contribution is -0.154. The van der Waals surface area contributed by atoms with Crippen molar-refractivity contribution >= 4 is 11.6 Å². The Labute approximate surface area is 101 Å². The predicted molar refractivity (Wildman–Crippen MR) is 57.8 cm³/mol. The minimum atomic E-state index is -4.49. The van der Waals surface area contributed by atoms with Crippen molar-refractivity contribution in [3.05, 3.63) is 29.6 Å². The number of rotatable bonds is 1. The summed E-state index contributed by atoms with van der Waals surface area (Å²) in [6, 6.07) is 3.45. The Hall–Kier alpha value is -1.59. The molecule has 2 rings (SSSR count). The number of hydrogen-bond donors (Lipinski definition) is 0. The van der Waals surface area contributed by atoms with Gasteiger partial charge in [0.05, 0.1) is 11.8 Å². The SMILES string of the molecule is CN1C(=O)C(C)(CC(F)(F)F)c2cc(F)ccc21. The zero-order chi connectivity index (χ0) is 13.7. The zero-order valence-corrected chi connectivity index (χ0v) is 9.81. The van der Waals surface area contributed by atoms with Crippen molar-refractivity contribution in [1.82, 2.24) is 0 Å². The Bertz CT molecular complexity index is 511. The van der Waals surface area contributed by atoms with E-state index in [2.05, 4.69) is 0 Å². The summed E-state index contributed by atoms with van der Waals surface area (Å²) < 4.78 is 50.9. The van der Waals surface area contributed by atoms with Gasteiger partial charge in [-0.3, -0.25) is 4.79 Å². The van der Waals surface area contributed by atoms with E-state index in [4.69, 9.17) is 0 Å². The van der Waals surface area contributed by atoms with E-state index in [1.54, 1.807) is 0 Å². The molecule has 0 saturated heterocycles. The molecule has 1 unspecified atom stereocenters. The van der Waals surface area contributed by atoms with Gasteiger partial charge < -0.3 is 4.90 Å². The molecule has 0 fully saturated rings. The van der Waals surface area contributed by atoms with Crippen molar-refractivity contribution in [2.75, 3.05) is 11.9 Å². The van der Waals surface area contributed by atoms with Crippen LogP contribution >= 0.6 is 0 Å². The van der Waals surface area contributed by atoms with Crippen molar-refractivity contribution in [3.63, 3.8) is 0 Å². The first-order valence-electron chi connectivity index (χ1n) is 5.30. The average molecular weight is 261 g/mol. The van der Waals surface area contributed by atoms with Gasteiger partial charge in [0.1, 0.15) is 5.82 Å². The first kappa shape index (κ1) is 12.9. The Kier molecular flexibility index (Phi) is 2.64. The molecule has 1 aliphatic heterocycles. The highest BCUT2D eigenvalue weighted by Crippen LogP contribution is 2.46. The summed E-state index contributed by atoms with van der Waals surface area (Å²) in [7, 11) is 1.39. The molecule has 1 aromatic carbocycles. The molecule has 1 aromatic rings. The number of carbonyl (C=O) groups excluding carboxylic acids is 1. The van der Waals surface area contributed by atoms with Crippen molar-refractivity contribution in [2.45, 2.75) is 24.9 Å². The fraction of sp³-hybridized carbons (Fsp3) is 0.417. The van der Waals surface area contributed by atoms with Crippen LogP contribution in [0.3, 0.4) is 0 Å². The lowest BCUT2D eigenvalue weighted by atomic mass is 9.80. The standard InChI is InChI=1S/C12H11F4NO/c1-11(6-12(14,15)16)8-5-7(13)3-4-9(8)17(2)10(11)18/h3-5H,6H2,1-2H3. The van der Waals surface area contributed by atoms with Gasteiger partial charge in [-0.25, -0.2) is 4.39 Å². The molecular formula is C12H11F4NO. The highest BCUT2D eigenvalue weighted by molar-refractivity contribution is 6.07. The molecule has 18 heavy (non-hydrogen) atoms. The number of likely N-dealkylation sites (N-methyl/N-ethyl adjacent to an activating group) is 1. The second-order valence-corrected chi connectivity index (χ2v) is 4.65. The van der Waals surface area contributed by atoms with Gasteiger partial charge in [0.2, 0.25) is 5.91 Å². The van der Waals surface area contributed by atoms with Gasteiger partial charge in [-0.2, -0.15) is 13.2 Å². The van der Waals surface area contributed by atoms with Gasteiger partial charge >= 0.3 is 6.18 Å². The van der Waals surface area contributed by atoms with Crippen LogP contribution in [0.25, 0.3) is 0 Å². The van der Waals surface area contributed by atoms with Crippen LogP contribution in [0.1, 0.15) is 18.9 Å². The number of amides is 1. The van der Waals surface area contributed by atoms with E-state index in [0.717, 1.165) is 17.0 Å². The van der Waals surface area contributed by atoms with Crippen molar-refractivity contribution in [3.8, 4) is 0 Å². The molecule has 1 heterocycles. The third kappa shape index (κ3) is 1.85. The van der Waals surface area contributed by atoms with Crippen molar-refractivity contribution in [1.29, 1.82) is 0 Å². The Morgan fingerprint density at radius 3 is 2.50 bits per heavy atom. The lowest BCUT2D eigenvalue weighted by Gasteiger charge is -2.24. The van der Waals surface area contributed by atoms with E-state index in [1.165, 1.54) is 20.0 Å². The molecule has 0 aromatic heterocycles. The number of halogens is 4. The largest absolute Gasteiger partial charge is 0.390 e. The number of benzene rings is 1. The van der Waals surface area contributed by atoms with E-state index < -0.39 is 29.7 Å². The summed E-state index contributed by atoms with van der Waals surface area (Å²) in [5.41, 5.74) is -1.33. The van der Waals surface area contributed by atoms with Gasteiger partial charge in [-0.05, 0) is 30.7 Å². The third-order valence-electron chi connectivity index (χ3n) is 3.25. The quantitative estimate of drug-likeness (QED) is 0.712. The summed E-state index contributed by atoms with van der Waals surface area (Å²) in [6.07, 6.45) is -5.78. The zero-order valence-electron chi connectivity index (χ0n) is 9.81. The Balaban J connectivity index is 2.57. The summed E-state index contributed by atoms with van der Waals surface area (Å²) in [6.45, 7) is 1.20. The first-order valence-corrected chi connectivity index (χ1v) is 5.30. The van der Waals surface area contributed by atoms with Crippen molar-refractivity contribution in [2.24, 2.45) is 0 Å². The van der Waals surface area contributed by atoms with E-state index in [1.807, 2.05) is 0 Å². The molecule has 0 saturated carbocycles. The van der Waals surface area contributed by atoms with Crippen LogP contribution in [0.2, 0.25) is 0 Å².